The lowest BCUT2D eigenvalue weighted by atomic mass is 10.6. The molecule has 0 aliphatic heterocycles. The maximum absolute atomic E-state index is 10.6. The van der Waals surface area contributed by atoms with Crippen molar-refractivity contribution >= 4 is 5.97 Å². The van der Waals surface area contributed by atoms with Crippen molar-refractivity contribution in [3.63, 3.8) is 0 Å². The van der Waals surface area contributed by atoms with Crippen LogP contribution in [0.1, 0.15) is 6.92 Å². The number of rotatable bonds is 3. The SMILES string of the molecule is C=C=CC(=O)OC(C)OC. The number of hydrogen-bond donors (Lipinski definition) is 0. The molecule has 56 valence electrons. The van der Waals surface area contributed by atoms with E-state index in [0.717, 1.165) is 6.08 Å². The van der Waals surface area contributed by atoms with E-state index >= 15 is 0 Å². The number of esters is 1. The first kappa shape index (κ1) is 8.95. The van der Waals surface area contributed by atoms with E-state index in [1.807, 2.05) is 0 Å². The first-order valence-electron chi connectivity index (χ1n) is 2.80. The van der Waals surface area contributed by atoms with Gasteiger partial charge in [-0.2, -0.15) is 0 Å². The van der Waals surface area contributed by atoms with Crippen LogP contribution < -0.4 is 0 Å². The Balaban J connectivity index is 3.67. The highest BCUT2D eigenvalue weighted by Gasteiger charge is 2.02. The summed E-state index contributed by atoms with van der Waals surface area (Å²) in [6.07, 6.45) is 0.590. The summed E-state index contributed by atoms with van der Waals surface area (Å²) in [6, 6.07) is 0. The van der Waals surface area contributed by atoms with E-state index in [-0.39, 0.29) is 0 Å². The van der Waals surface area contributed by atoms with E-state index in [2.05, 4.69) is 21.8 Å². The van der Waals surface area contributed by atoms with Gasteiger partial charge in [-0.1, -0.05) is 6.58 Å². The van der Waals surface area contributed by atoms with Crippen molar-refractivity contribution in [2.45, 2.75) is 13.2 Å². The predicted octanol–water partition coefficient (Wildman–Crippen LogP) is 0.863. The lowest BCUT2D eigenvalue weighted by Gasteiger charge is -2.07. The number of ether oxygens (including phenoxy) is 2. The van der Waals surface area contributed by atoms with Gasteiger partial charge in [0.15, 0.2) is 6.29 Å². The molecule has 3 nitrogen and oxygen atoms in total. The molecule has 0 aliphatic rings. The van der Waals surface area contributed by atoms with Gasteiger partial charge in [0.2, 0.25) is 0 Å². The zero-order valence-corrected chi connectivity index (χ0v) is 6.09. The summed E-state index contributed by atoms with van der Waals surface area (Å²) in [4.78, 5) is 10.6. The lowest BCUT2D eigenvalue weighted by Crippen LogP contribution is -2.14. The average Bonchev–Trinajstić information content (AvgIpc) is 1.88. The molecule has 0 spiro atoms. The first-order valence-corrected chi connectivity index (χ1v) is 2.80. The fourth-order valence-corrected chi connectivity index (χ4v) is 0.329. The molecule has 0 aliphatic carbocycles. The Morgan fingerprint density at radius 3 is 2.80 bits per heavy atom. The van der Waals surface area contributed by atoms with Gasteiger partial charge in [-0.25, -0.2) is 4.79 Å². The van der Waals surface area contributed by atoms with Gasteiger partial charge < -0.3 is 9.47 Å². The molecule has 0 radical (unpaired) electrons. The predicted molar refractivity (Wildman–Crippen MR) is 36.3 cm³/mol. The van der Waals surface area contributed by atoms with Gasteiger partial charge >= 0.3 is 5.97 Å². The summed E-state index contributed by atoms with van der Waals surface area (Å²) in [5.74, 6) is -0.496. The van der Waals surface area contributed by atoms with Crippen LogP contribution in [0.5, 0.6) is 0 Å². The number of hydrogen-bond acceptors (Lipinski definition) is 3. The largest absolute Gasteiger partial charge is 0.432 e. The van der Waals surface area contributed by atoms with E-state index in [9.17, 15) is 4.79 Å². The molecule has 0 heterocycles. The fraction of sp³-hybridized carbons (Fsp3) is 0.429. The summed E-state index contributed by atoms with van der Waals surface area (Å²) in [5.41, 5.74) is 2.29. The summed E-state index contributed by atoms with van der Waals surface area (Å²) in [7, 11) is 1.45. The third-order valence-electron chi connectivity index (χ3n) is 0.834. The molecule has 0 saturated heterocycles. The van der Waals surface area contributed by atoms with E-state index in [1.165, 1.54) is 7.11 Å². The minimum absolute atomic E-state index is 0.496. The van der Waals surface area contributed by atoms with Crippen LogP contribution in [0.3, 0.4) is 0 Å². The number of carbonyl (C=O) groups is 1. The Hall–Kier alpha value is -1.05. The van der Waals surface area contributed by atoms with Crippen molar-refractivity contribution in [1.82, 2.24) is 0 Å². The van der Waals surface area contributed by atoms with E-state index in [4.69, 9.17) is 0 Å². The second-order valence-electron chi connectivity index (χ2n) is 1.59. The summed E-state index contributed by atoms with van der Waals surface area (Å²) in [6.45, 7) is 4.83. The molecule has 1 atom stereocenters. The van der Waals surface area contributed by atoms with Crippen LogP contribution in [-0.2, 0) is 14.3 Å². The van der Waals surface area contributed by atoms with Crippen molar-refractivity contribution in [3.05, 3.63) is 18.4 Å². The molecule has 3 heteroatoms. The third-order valence-corrected chi connectivity index (χ3v) is 0.834. The fourth-order valence-electron chi connectivity index (χ4n) is 0.329. The van der Waals surface area contributed by atoms with Crippen LogP contribution in [-0.4, -0.2) is 19.4 Å². The molecule has 0 aromatic rings. The quantitative estimate of drug-likeness (QED) is 0.254. The molecule has 1 unspecified atom stereocenters. The maximum Gasteiger partial charge on any atom is 0.340 e. The second kappa shape index (κ2) is 4.79. The summed E-state index contributed by atoms with van der Waals surface area (Å²) in [5, 5.41) is 0. The second-order valence-corrected chi connectivity index (χ2v) is 1.59. The molecule has 0 bridgehead atoms. The minimum atomic E-state index is -0.517. The highest BCUT2D eigenvalue weighted by molar-refractivity contribution is 5.81. The molecule has 0 saturated carbocycles. The molecule has 10 heavy (non-hydrogen) atoms. The molecule has 0 aromatic heterocycles. The van der Waals surface area contributed by atoms with Crippen LogP contribution in [0, 0.1) is 0 Å². The zero-order chi connectivity index (χ0) is 7.98. The van der Waals surface area contributed by atoms with Crippen molar-refractivity contribution < 1.29 is 14.3 Å². The molecule has 0 aromatic carbocycles. The molecule has 0 rings (SSSR count). The number of carbonyl (C=O) groups excluding carboxylic acids is 1. The van der Waals surface area contributed by atoms with E-state index in [0.29, 0.717) is 0 Å². The molecule has 0 fully saturated rings. The van der Waals surface area contributed by atoms with Gasteiger partial charge in [0.1, 0.15) is 0 Å². The Morgan fingerprint density at radius 2 is 2.40 bits per heavy atom. The normalized spacial score (nSPS) is 11.4. The van der Waals surface area contributed by atoms with Crippen molar-refractivity contribution in [2.24, 2.45) is 0 Å². The van der Waals surface area contributed by atoms with Crippen molar-refractivity contribution in [2.75, 3.05) is 7.11 Å². The standard InChI is InChI=1S/C7H10O3/c1-4-5-7(8)10-6(2)9-3/h5-6H,1H2,2-3H3. The van der Waals surface area contributed by atoms with Gasteiger partial charge in [0, 0.05) is 7.11 Å². The van der Waals surface area contributed by atoms with Crippen LogP contribution in [0.25, 0.3) is 0 Å². The van der Waals surface area contributed by atoms with Crippen molar-refractivity contribution in [3.8, 4) is 0 Å². The molecule has 0 amide bonds. The number of methoxy groups -OCH3 is 1. The minimum Gasteiger partial charge on any atom is -0.432 e. The van der Waals surface area contributed by atoms with Crippen LogP contribution >= 0.6 is 0 Å². The van der Waals surface area contributed by atoms with Crippen LogP contribution in [0.4, 0.5) is 0 Å². The molecule has 0 N–H and O–H groups in total. The Labute approximate surface area is 59.9 Å². The van der Waals surface area contributed by atoms with Gasteiger partial charge in [-0.05, 0) is 6.92 Å². The Bertz CT molecular complexity index is 156. The monoisotopic (exact) mass is 142 g/mol. The van der Waals surface area contributed by atoms with Gasteiger partial charge in [0.25, 0.3) is 0 Å². The van der Waals surface area contributed by atoms with Gasteiger partial charge in [0.05, 0.1) is 6.08 Å². The highest BCUT2D eigenvalue weighted by atomic mass is 16.7. The van der Waals surface area contributed by atoms with E-state index in [1.54, 1.807) is 6.92 Å². The zero-order valence-electron chi connectivity index (χ0n) is 6.09. The maximum atomic E-state index is 10.6. The smallest absolute Gasteiger partial charge is 0.340 e. The average molecular weight is 142 g/mol. The Kier molecular flexibility index (Phi) is 4.29. The lowest BCUT2D eigenvalue weighted by molar-refractivity contribution is -0.163. The van der Waals surface area contributed by atoms with Crippen LogP contribution in [0.2, 0.25) is 0 Å². The molecular weight excluding hydrogens is 132 g/mol. The van der Waals surface area contributed by atoms with Crippen LogP contribution in [0.15, 0.2) is 18.4 Å². The summed E-state index contributed by atoms with van der Waals surface area (Å²) >= 11 is 0. The highest BCUT2D eigenvalue weighted by Crippen LogP contribution is 1.91. The molecular formula is C7H10O3. The van der Waals surface area contributed by atoms with Crippen molar-refractivity contribution in [1.29, 1.82) is 0 Å². The first-order chi connectivity index (χ1) is 4.70. The topological polar surface area (TPSA) is 35.5 Å². The van der Waals surface area contributed by atoms with Gasteiger partial charge in [-0.3, -0.25) is 0 Å². The summed E-state index contributed by atoms with van der Waals surface area (Å²) < 4.78 is 9.28. The van der Waals surface area contributed by atoms with Gasteiger partial charge in [-0.15, -0.1) is 5.73 Å². The van der Waals surface area contributed by atoms with E-state index < -0.39 is 12.3 Å². The Morgan fingerprint density at radius 1 is 1.80 bits per heavy atom. The third kappa shape index (κ3) is 3.89.